The number of rotatable bonds is 35. The Kier molecular flexibility index (Phi) is 31.9. The molecule has 2 rings (SSSR count). The highest BCUT2D eigenvalue weighted by Crippen LogP contribution is 2.18. The van der Waals surface area contributed by atoms with Crippen LogP contribution in [0.2, 0.25) is 0 Å². The topological polar surface area (TPSA) is 66.6 Å². The van der Waals surface area contributed by atoms with Gasteiger partial charge < -0.3 is 30.7 Å². The molecular weight excluding hydrogens is 628 g/mol. The molecule has 6 nitrogen and oxygen atoms in total. The fourth-order valence-electron chi connectivity index (χ4n) is 6.37. The third kappa shape index (κ3) is 25.7. The number of benzene rings is 2. The van der Waals surface area contributed by atoms with Gasteiger partial charge in [-0.1, -0.05) is 126 Å². The van der Waals surface area contributed by atoms with E-state index < -0.39 is 0 Å². The number of unbranched alkanes of at least 4 members (excludes halogenated alkanes) is 17. The molecule has 0 spiro atoms. The molecule has 0 saturated carbocycles. The maximum absolute atomic E-state index is 5.42. The van der Waals surface area contributed by atoms with Gasteiger partial charge in [-0.2, -0.15) is 0 Å². The molecule has 2 aromatic carbocycles. The zero-order chi connectivity index (χ0) is 34.0. The van der Waals surface area contributed by atoms with Gasteiger partial charge in [-0.25, -0.2) is 0 Å². The third-order valence-corrected chi connectivity index (χ3v) is 9.39. The highest BCUT2D eigenvalue weighted by molar-refractivity contribution is 5.85. The Morgan fingerprint density at radius 2 is 0.592 bits per heavy atom. The van der Waals surface area contributed by atoms with E-state index >= 15 is 0 Å². The van der Waals surface area contributed by atoms with Gasteiger partial charge in [0.25, 0.3) is 0 Å². The van der Waals surface area contributed by atoms with Crippen LogP contribution in [0.15, 0.2) is 48.5 Å². The number of hydrogen-bond acceptors (Lipinski definition) is 6. The van der Waals surface area contributed by atoms with Crippen LogP contribution in [0.4, 0.5) is 0 Å². The number of para-hydroxylation sites is 2. The minimum absolute atomic E-state index is 0. The van der Waals surface area contributed by atoms with Crippen molar-refractivity contribution >= 4 is 12.4 Å². The summed E-state index contributed by atoms with van der Waals surface area (Å²) in [6.45, 7) is 8.68. The van der Waals surface area contributed by atoms with Crippen molar-refractivity contribution in [1.29, 1.82) is 0 Å². The van der Waals surface area contributed by atoms with Crippen molar-refractivity contribution in [2.24, 2.45) is 0 Å². The van der Waals surface area contributed by atoms with E-state index in [2.05, 4.69) is 45.5 Å². The van der Waals surface area contributed by atoms with Gasteiger partial charge in [0.2, 0.25) is 0 Å². The van der Waals surface area contributed by atoms with E-state index in [0.717, 1.165) is 37.7 Å². The molecule has 4 N–H and O–H groups in total. The fraction of sp³-hybridized carbons (Fsp3) is 0.714. The standard InChI is InChI=1S/C42H74N4O2.ClH/c1-47-41-29-19-17-27-39(41)37-45-35-25-15-13-23-33-43-31-21-11-9-7-5-3-4-6-8-10-12-22-32-44-34-24-14-16-26-36-46-38-40-28-18-20-30-42(40)48-2;/h17-20,27-30,43-46H,3-16,21-26,31-38H2,1-2H3;1H. The van der Waals surface area contributed by atoms with Crippen LogP contribution in [0.3, 0.4) is 0 Å². The number of halogens is 1. The first kappa shape index (κ1) is 45.2. The van der Waals surface area contributed by atoms with E-state index in [1.54, 1.807) is 14.2 Å². The maximum Gasteiger partial charge on any atom is 0.123 e. The molecule has 0 aromatic heterocycles. The molecule has 0 bridgehead atoms. The molecule has 0 atom stereocenters. The van der Waals surface area contributed by atoms with E-state index in [9.17, 15) is 0 Å². The Hall–Kier alpha value is -1.83. The zero-order valence-electron chi connectivity index (χ0n) is 31.6. The predicted octanol–water partition coefficient (Wildman–Crippen LogP) is 9.99. The molecule has 0 radical (unpaired) electrons. The second-order valence-electron chi connectivity index (χ2n) is 13.5. The van der Waals surface area contributed by atoms with Crippen molar-refractivity contribution < 1.29 is 9.47 Å². The summed E-state index contributed by atoms with van der Waals surface area (Å²) in [6, 6.07) is 16.5. The Labute approximate surface area is 308 Å². The average Bonchev–Trinajstić information content (AvgIpc) is 3.12. The van der Waals surface area contributed by atoms with Crippen molar-refractivity contribution in [3.8, 4) is 11.5 Å². The van der Waals surface area contributed by atoms with E-state index in [1.807, 2.05) is 24.3 Å². The summed E-state index contributed by atoms with van der Waals surface area (Å²) in [5.41, 5.74) is 2.48. The summed E-state index contributed by atoms with van der Waals surface area (Å²) in [6.07, 6.45) is 27.3. The summed E-state index contributed by atoms with van der Waals surface area (Å²) < 4.78 is 10.8. The monoisotopic (exact) mass is 703 g/mol. The Morgan fingerprint density at radius 1 is 0.347 bits per heavy atom. The van der Waals surface area contributed by atoms with E-state index in [0.29, 0.717) is 0 Å². The lowest BCUT2D eigenvalue weighted by Gasteiger charge is -2.09. The van der Waals surface area contributed by atoms with Gasteiger partial charge in [0.15, 0.2) is 0 Å². The molecule has 0 aliphatic rings. The molecule has 282 valence electrons. The smallest absolute Gasteiger partial charge is 0.123 e. The van der Waals surface area contributed by atoms with E-state index in [-0.39, 0.29) is 12.4 Å². The van der Waals surface area contributed by atoms with E-state index in [4.69, 9.17) is 9.47 Å². The Morgan fingerprint density at radius 3 is 0.878 bits per heavy atom. The van der Waals surface area contributed by atoms with Gasteiger partial charge in [0.05, 0.1) is 14.2 Å². The van der Waals surface area contributed by atoms with Crippen LogP contribution in [0, 0.1) is 0 Å². The van der Waals surface area contributed by atoms with Crippen LogP contribution in [0.5, 0.6) is 11.5 Å². The van der Waals surface area contributed by atoms with Gasteiger partial charge >= 0.3 is 0 Å². The first-order chi connectivity index (χ1) is 23.8. The molecule has 2 aromatic rings. The van der Waals surface area contributed by atoms with Crippen molar-refractivity contribution in [2.75, 3.05) is 53.5 Å². The molecule has 7 heteroatoms. The van der Waals surface area contributed by atoms with Crippen LogP contribution >= 0.6 is 12.4 Å². The highest BCUT2D eigenvalue weighted by atomic mass is 35.5. The van der Waals surface area contributed by atoms with Crippen molar-refractivity contribution in [1.82, 2.24) is 21.3 Å². The van der Waals surface area contributed by atoms with Gasteiger partial charge in [-0.3, -0.25) is 0 Å². The van der Waals surface area contributed by atoms with Crippen LogP contribution in [0.1, 0.15) is 140 Å². The van der Waals surface area contributed by atoms with Crippen LogP contribution in [-0.2, 0) is 13.1 Å². The van der Waals surface area contributed by atoms with E-state index in [1.165, 1.54) is 166 Å². The Bertz CT molecular complexity index is 902. The fourth-order valence-corrected chi connectivity index (χ4v) is 6.37. The molecule has 49 heavy (non-hydrogen) atoms. The van der Waals surface area contributed by atoms with Crippen LogP contribution in [-0.4, -0.2) is 53.5 Å². The summed E-state index contributed by atoms with van der Waals surface area (Å²) in [7, 11) is 3.49. The third-order valence-electron chi connectivity index (χ3n) is 9.39. The van der Waals surface area contributed by atoms with Crippen molar-refractivity contribution in [2.45, 2.75) is 142 Å². The average molecular weight is 704 g/mol. The van der Waals surface area contributed by atoms with Gasteiger partial charge in [0.1, 0.15) is 11.5 Å². The summed E-state index contributed by atoms with van der Waals surface area (Å²) >= 11 is 0. The largest absolute Gasteiger partial charge is 0.496 e. The molecular formula is C42H75ClN4O2. The quantitative estimate of drug-likeness (QED) is 0.0537. The molecule has 0 aliphatic heterocycles. The molecule has 0 aliphatic carbocycles. The Balaban J connectivity index is 0.0000120. The lowest BCUT2D eigenvalue weighted by Crippen LogP contribution is -2.17. The van der Waals surface area contributed by atoms with Gasteiger partial charge in [-0.15, -0.1) is 12.4 Å². The number of ether oxygens (including phenoxy) is 2. The maximum atomic E-state index is 5.42. The minimum atomic E-state index is 0. The summed E-state index contributed by atoms with van der Waals surface area (Å²) in [5, 5.41) is 14.4. The van der Waals surface area contributed by atoms with Gasteiger partial charge in [-0.05, 0) is 89.9 Å². The van der Waals surface area contributed by atoms with Crippen molar-refractivity contribution in [3.63, 3.8) is 0 Å². The molecule has 0 saturated heterocycles. The lowest BCUT2D eigenvalue weighted by atomic mass is 10.1. The highest BCUT2D eigenvalue weighted by Gasteiger charge is 2.02. The summed E-state index contributed by atoms with van der Waals surface area (Å²) in [4.78, 5) is 0. The summed E-state index contributed by atoms with van der Waals surface area (Å²) in [5.74, 6) is 1.96. The normalized spacial score (nSPS) is 11.1. The van der Waals surface area contributed by atoms with Crippen LogP contribution < -0.4 is 30.7 Å². The number of hydrogen-bond donors (Lipinski definition) is 4. The molecule has 0 fully saturated rings. The van der Waals surface area contributed by atoms with Crippen LogP contribution in [0.25, 0.3) is 0 Å². The molecule has 0 amide bonds. The first-order valence-electron chi connectivity index (χ1n) is 19.9. The second-order valence-corrected chi connectivity index (χ2v) is 13.5. The first-order valence-corrected chi connectivity index (χ1v) is 19.9. The minimum Gasteiger partial charge on any atom is -0.496 e. The second kappa shape index (κ2) is 34.6. The zero-order valence-corrected chi connectivity index (χ0v) is 32.5. The SMILES string of the molecule is COc1ccccc1CNCCCCCCNCCCCCCCCCCCCCCNCCCCCCNCc1ccccc1OC.Cl. The van der Waals surface area contributed by atoms with Crippen molar-refractivity contribution in [3.05, 3.63) is 59.7 Å². The van der Waals surface area contributed by atoms with Gasteiger partial charge in [0, 0.05) is 24.2 Å². The molecule has 0 unspecified atom stereocenters. The number of nitrogens with one attached hydrogen (secondary N) is 4. The molecule has 0 heterocycles. The predicted molar refractivity (Wildman–Crippen MR) is 215 cm³/mol. The lowest BCUT2D eigenvalue weighted by molar-refractivity contribution is 0.407. The number of methoxy groups -OCH3 is 2.